The fourth-order valence-electron chi connectivity index (χ4n) is 0.981. The molecule has 1 heterocycles. The van der Waals surface area contributed by atoms with Crippen molar-refractivity contribution in [3.05, 3.63) is 17.4 Å². The molecule has 72 valence electrons. The van der Waals surface area contributed by atoms with Crippen LogP contribution in [0.3, 0.4) is 0 Å². The van der Waals surface area contributed by atoms with E-state index in [0.29, 0.717) is 17.5 Å². The highest BCUT2D eigenvalue weighted by atomic mass is 35.5. The van der Waals surface area contributed by atoms with Gasteiger partial charge in [0.2, 0.25) is 5.95 Å². The maximum atomic E-state index is 9.12. The molecule has 0 saturated heterocycles. The molecule has 0 bridgehead atoms. The molecule has 1 aromatic rings. The van der Waals surface area contributed by atoms with E-state index in [2.05, 4.69) is 9.97 Å². The third-order valence-electron chi connectivity index (χ3n) is 1.49. The predicted octanol–water partition coefficient (Wildman–Crippen LogP) is 0.947. The van der Waals surface area contributed by atoms with Gasteiger partial charge in [-0.3, -0.25) is 0 Å². The van der Waals surface area contributed by atoms with Crippen molar-refractivity contribution in [1.82, 2.24) is 9.97 Å². The third-order valence-corrected chi connectivity index (χ3v) is 1.68. The summed E-state index contributed by atoms with van der Waals surface area (Å²) in [5.74, 6) is 0.560. The smallest absolute Gasteiger partial charge is 0.225 e. The Morgan fingerprint density at radius 2 is 2.08 bits per heavy atom. The van der Waals surface area contributed by atoms with Crippen molar-refractivity contribution >= 4 is 17.5 Å². The van der Waals surface area contributed by atoms with Crippen LogP contribution in [0, 0.1) is 0 Å². The molecule has 0 aliphatic rings. The van der Waals surface area contributed by atoms with Gasteiger partial charge >= 0.3 is 0 Å². The van der Waals surface area contributed by atoms with Crippen molar-refractivity contribution in [3.63, 3.8) is 0 Å². The molecule has 4 nitrogen and oxygen atoms in total. The number of aliphatic hydroxyl groups is 1. The zero-order valence-corrected chi connectivity index (χ0v) is 8.36. The van der Waals surface area contributed by atoms with E-state index < -0.39 is 6.10 Å². The second-order valence-electron chi connectivity index (χ2n) is 2.93. The van der Waals surface area contributed by atoms with Gasteiger partial charge in [0.05, 0.1) is 23.5 Å². The Bertz CT molecular complexity index is 263. The van der Waals surface area contributed by atoms with Crippen LogP contribution in [0.2, 0.25) is 5.02 Å². The number of hydrogen-bond acceptors (Lipinski definition) is 4. The van der Waals surface area contributed by atoms with Gasteiger partial charge in [-0.05, 0) is 6.92 Å². The maximum Gasteiger partial charge on any atom is 0.225 e. The minimum absolute atomic E-state index is 0.399. The molecule has 0 saturated carbocycles. The van der Waals surface area contributed by atoms with Gasteiger partial charge in [0.25, 0.3) is 0 Å². The Labute approximate surface area is 82.2 Å². The monoisotopic (exact) mass is 201 g/mol. The van der Waals surface area contributed by atoms with Crippen molar-refractivity contribution in [3.8, 4) is 0 Å². The van der Waals surface area contributed by atoms with Gasteiger partial charge in [0.1, 0.15) is 0 Å². The van der Waals surface area contributed by atoms with E-state index in [0.717, 1.165) is 0 Å². The van der Waals surface area contributed by atoms with Gasteiger partial charge in [0.15, 0.2) is 0 Å². The number of nitrogens with zero attached hydrogens (tertiary/aromatic N) is 3. The van der Waals surface area contributed by atoms with Crippen molar-refractivity contribution in [2.24, 2.45) is 0 Å². The topological polar surface area (TPSA) is 49.2 Å². The van der Waals surface area contributed by atoms with E-state index >= 15 is 0 Å². The van der Waals surface area contributed by atoms with Crippen LogP contribution in [0.5, 0.6) is 0 Å². The molecule has 0 spiro atoms. The first-order valence-electron chi connectivity index (χ1n) is 3.96. The Balaban J connectivity index is 2.66. The van der Waals surface area contributed by atoms with E-state index in [1.807, 2.05) is 7.05 Å². The lowest BCUT2D eigenvalue weighted by atomic mass is 10.4. The number of rotatable bonds is 3. The number of likely N-dealkylation sites (N-methyl/N-ethyl adjacent to an activating group) is 1. The van der Waals surface area contributed by atoms with Crippen LogP contribution in [0.25, 0.3) is 0 Å². The lowest BCUT2D eigenvalue weighted by Gasteiger charge is -2.17. The summed E-state index contributed by atoms with van der Waals surface area (Å²) in [5.41, 5.74) is 0. The highest BCUT2D eigenvalue weighted by Crippen LogP contribution is 2.08. The molecule has 0 fully saturated rings. The maximum absolute atomic E-state index is 9.12. The fraction of sp³-hybridized carbons (Fsp3) is 0.500. The molecule has 0 aliphatic heterocycles. The number of aromatic nitrogens is 2. The molecule has 1 N–H and O–H groups in total. The molecule has 5 heteroatoms. The molecule has 0 aromatic carbocycles. The summed E-state index contributed by atoms with van der Waals surface area (Å²) in [4.78, 5) is 9.77. The van der Waals surface area contributed by atoms with E-state index in [1.165, 1.54) is 12.4 Å². The van der Waals surface area contributed by atoms with E-state index in [-0.39, 0.29) is 0 Å². The number of anilines is 1. The average Bonchev–Trinajstić information content (AvgIpc) is 2.04. The average molecular weight is 202 g/mol. The molecular formula is C8H12ClN3O. The molecule has 0 amide bonds. The standard InChI is InChI=1S/C8H12ClN3O/c1-6(13)5-12(2)8-10-3-7(9)4-11-8/h3-4,6,13H,5H2,1-2H3/t6-/m0/s1. The zero-order chi connectivity index (χ0) is 9.84. The van der Waals surface area contributed by atoms with E-state index in [1.54, 1.807) is 11.8 Å². The first kappa shape index (κ1) is 10.2. The normalized spacial score (nSPS) is 12.6. The van der Waals surface area contributed by atoms with Gasteiger partial charge < -0.3 is 10.0 Å². The largest absolute Gasteiger partial charge is 0.392 e. The second kappa shape index (κ2) is 4.39. The van der Waals surface area contributed by atoms with Crippen LogP contribution in [0.15, 0.2) is 12.4 Å². The summed E-state index contributed by atoms with van der Waals surface area (Å²) in [6.45, 7) is 2.22. The minimum atomic E-state index is -0.399. The molecule has 0 aliphatic carbocycles. The Kier molecular flexibility index (Phi) is 3.45. The van der Waals surface area contributed by atoms with Crippen molar-refractivity contribution in [2.75, 3.05) is 18.5 Å². The van der Waals surface area contributed by atoms with Crippen LogP contribution in [0.4, 0.5) is 5.95 Å². The van der Waals surface area contributed by atoms with Crippen molar-refractivity contribution in [2.45, 2.75) is 13.0 Å². The summed E-state index contributed by atoms with van der Waals surface area (Å²) in [6, 6.07) is 0. The molecule has 1 aromatic heterocycles. The quantitative estimate of drug-likeness (QED) is 0.791. The number of hydrogen-bond donors (Lipinski definition) is 1. The van der Waals surface area contributed by atoms with Crippen LogP contribution in [-0.2, 0) is 0 Å². The zero-order valence-electron chi connectivity index (χ0n) is 7.61. The molecule has 0 unspecified atom stereocenters. The number of aliphatic hydroxyl groups excluding tert-OH is 1. The van der Waals surface area contributed by atoms with Crippen LogP contribution in [-0.4, -0.2) is 34.8 Å². The van der Waals surface area contributed by atoms with Gasteiger partial charge in [-0.1, -0.05) is 11.6 Å². The van der Waals surface area contributed by atoms with Gasteiger partial charge in [-0.2, -0.15) is 0 Å². The van der Waals surface area contributed by atoms with Gasteiger partial charge in [-0.15, -0.1) is 0 Å². The Morgan fingerprint density at radius 1 is 1.54 bits per heavy atom. The highest BCUT2D eigenvalue weighted by Gasteiger charge is 2.06. The first-order valence-corrected chi connectivity index (χ1v) is 4.34. The van der Waals surface area contributed by atoms with E-state index in [4.69, 9.17) is 16.7 Å². The Morgan fingerprint density at radius 3 is 2.54 bits per heavy atom. The van der Waals surface area contributed by atoms with Crippen LogP contribution in [0.1, 0.15) is 6.92 Å². The molecule has 13 heavy (non-hydrogen) atoms. The van der Waals surface area contributed by atoms with Gasteiger partial charge in [0, 0.05) is 13.6 Å². The lowest BCUT2D eigenvalue weighted by molar-refractivity contribution is 0.201. The van der Waals surface area contributed by atoms with E-state index in [9.17, 15) is 0 Å². The highest BCUT2D eigenvalue weighted by molar-refractivity contribution is 6.30. The second-order valence-corrected chi connectivity index (χ2v) is 3.37. The van der Waals surface area contributed by atoms with Crippen LogP contribution >= 0.6 is 11.6 Å². The molecule has 0 radical (unpaired) electrons. The summed E-state index contributed by atoms with van der Waals surface area (Å²) < 4.78 is 0. The van der Waals surface area contributed by atoms with Crippen molar-refractivity contribution in [1.29, 1.82) is 0 Å². The number of halogens is 1. The van der Waals surface area contributed by atoms with Crippen LogP contribution < -0.4 is 4.90 Å². The third kappa shape index (κ3) is 3.16. The lowest BCUT2D eigenvalue weighted by Crippen LogP contribution is -2.28. The van der Waals surface area contributed by atoms with Crippen molar-refractivity contribution < 1.29 is 5.11 Å². The summed E-state index contributed by atoms with van der Waals surface area (Å²) in [6.07, 6.45) is 2.66. The molecule has 1 rings (SSSR count). The molecular weight excluding hydrogens is 190 g/mol. The summed E-state index contributed by atoms with van der Waals surface area (Å²) in [7, 11) is 1.82. The summed E-state index contributed by atoms with van der Waals surface area (Å²) >= 11 is 5.63. The Hall–Kier alpha value is -0.870. The fourth-order valence-corrected chi connectivity index (χ4v) is 1.08. The minimum Gasteiger partial charge on any atom is -0.392 e. The predicted molar refractivity (Wildman–Crippen MR) is 52.0 cm³/mol. The molecule has 1 atom stereocenters. The SMILES string of the molecule is C[C@H](O)CN(C)c1ncc(Cl)cn1. The summed E-state index contributed by atoms with van der Waals surface area (Å²) in [5, 5.41) is 9.62. The first-order chi connectivity index (χ1) is 6.09. The van der Waals surface area contributed by atoms with Gasteiger partial charge in [-0.25, -0.2) is 9.97 Å².